The van der Waals surface area contributed by atoms with Crippen molar-refractivity contribution in [2.24, 2.45) is 0 Å². The fourth-order valence-electron chi connectivity index (χ4n) is 2.96. The van der Waals surface area contributed by atoms with Gasteiger partial charge in [-0.05, 0) is 18.9 Å². The van der Waals surface area contributed by atoms with Crippen molar-refractivity contribution in [1.82, 2.24) is 9.97 Å². The number of hydrogen-bond donors (Lipinski definition) is 1. The van der Waals surface area contributed by atoms with E-state index in [2.05, 4.69) is 16.9 Å². The van der Waals surface area contributed by atoms with Crippen molar-refractivity contribution in [1.29, 1.82) is 0 Å². The molecule has 0 aliphatic rings. The normalized spacial score (nSPS) is 12.4. The zero-order valence-corrected chi connectivity index (χ0v) is 17.3. The van der Waals surface area contributed by atoms with E-state index < -0.39 is 6.10 Å². The molecule has 4 nitrogen and oxygen atoms in total. The molecule has 0 aliphatic carbocycles. The fraction of sp³-hybridized carbons (Fsp3) is 0.500. The molecule has 1 atom stereocenters. The third-order valence-corrected chi connectivity index (χ3v) is 4.63. The lowest BCUT2D eigenvalue weighted by Gasteiger charge is -2.07. The molecule has 1 N–H and O–H groups in total. The van der Waals surface area contributed by atoms with Crippen LogP contribution < -0.4 is 4.74 Å². The number of hydrogen-bond acceptors (Lipinski definition) is 4. The molecule has 0 aliphatic heterocycles. The number of benzene rings is 1. The first-order valence-corrected chi connectivity index (χ1v) is 10.6. The Balaban J connectivity index is 1.70. The maximum absolute atomic E-state index is 9.30. The summed E-state index contributed by atoms with van der Waals surface area (Å²) in [5.41, 5.74) is 2.00. The van der Waals surface area contributed by atoms with Gasteiger partial charge >= 0.3 is 0 Å². The summed E-state index contributed by atoms with van der Waals surface area (Å²) in [5.74, 6) is 1.41. The van der Waals surface area contributed by atoms with Crippen LogP contribution in [0.3, 0.4) is 0 Å². The summed E-state index contributed by atoms with van der Waals surface area (Å²) in [6.07, 6.45) is 17.0. The monoisotopic (exact) mass is 382 g/mol. The number of unbranched alkanes of at least 4 members (excludes halogenated alkanes) is 7. The molecule has 4 heteroatoms. The zero-order valence-electron chi connectivity index (χ0n) is 17.3. The first-order chi connectivity index (χ1) is 13.7. The van der Waals surface area contributed by atoms with E-state index in [1.54, 1.807) is 25.4 Å². The van der Waals surface area contributed by atoms with E-state index in [9.17, 15) is 5.11 Å². The third kappa shape index (κ3) is 8.66. The maximum Gasteiger partial charge on any atom is 0.159 e. The summed E-state index contributed by atoms with van der Waals surface area (Å²) in [7, 11) is 0. The summed E-state index contributed by atoms with van der Waals surface area (Å²) >= 11 is 0. The predicted octanol–water partition coefficient (Wildman–Crippen LogP) is 6.06. The van der Waals surface area contributed by atoms with E-state index in [-0.39, 0.29) is 0 Å². The summed E-state index contributed by atoms with van der Waals surface area (Å²) < 4.78 is 5.76. The highest BCUT2D eigenvalue weighted by Gasteiger charge is 2.02. The molecule has 152 valence electrons. The third-order valence-electron chi connectivity index (χ3n) is 4.63. The molecule has 1 aromatic heterocycles. The van der Waals surface area contributed by atoms with Crippen LogP contribution in [0.15, 0.2) is 42.7 Å². The second-order valence-electron chi connectivity index (χ2n) is 7.29. The molecule has 0 spiro atoms. The standard InChI is InChI=1S/C24H34N2O2/c1-3-4-5-6-7-8-9-10-17-28-23-18-25-24(26-19-23)22-15-13-21(14-16-22)12-11-20(2)27/h11-16,18-20,27H,3-10,17H2,1-2H3. The van der Waals surface area contributed by atoms with Gasteiger partial charge in [0.2, 0.25) is 0 Å². The number of aromatic nitrogens is 2. The molecule has 28 heavy (non-hydrogen) atoms. The van der Waals surface area contributed by atoms with Gasteiger partial charge in [0.15, 0.2) is 11.6 Å². The molecular weight excluding hydrogens is 348 g/mol. The Labute approximate surface area is 169 Å². The van der Waals surface area contributed by atoms with Crippen molar-refractivity contribution in [2.75, 3.05) is 6.61 Å². The van der Waals surface area contributed by atoms with Gasteiger partial charge in [0.25, 0.3) is 0 Å². The number of aliphatic hydroxyl groups excluding tert-OH is 1. The molecule has 2 rings (SSSR count). The summed E-state index contributed by atoms with van der Waals surface area (Å²) in [4.78, 5) is 8.83. The van der Waals surface area contributed by atoms with Crippen molar-refractivity contribution in [2.45, 2.75) is 71.3 Å². The summed E-state index contributed by atoms with van der Waals surface area (Å²) in [5, 5.41) is 9.30. The lowest BCUT2D eigenvalue weighted by atomic mass is 10.1. The van der Waals surface area contributed by atoms with Crippen LogP contribution in [0.2, 0.25) is 0 Å². The second-order valence-corrected chi connectivity index (χ2v) is 7.29. The SMILES string of the molecule is CCCCCCCCCCOc1cnc(-c2ccc(C=CC(C)O)cc2)nc1. The lowest BCUT2D eigenvalue weighted by Crippen LogP contribution is -1.99. The summed E-state index contributed by atoms with van der Waals surface area (Å²) in [6.45, 7) is 4.71. The van der Waals surface area contributed by atoms with Crippen LogP contribution in [0.4, 0.5) is 0 Å². The first-order valence-electron chi connectivity index (χ1n) is 10.6. The molecule has 0 bridgehead atoms. The van der Waals surface area contributed by atoms with Gasteiger partial charge in [0.1, 0.15) is 0 Å². The van der Waals surface area contributed by atoms with E-state index in [1.807, 2.05) is 30.3 Å². The van der Waals surface area contributed by atoms with Crippen LogP contribution in [0, 0.1) is 0 Å². The van der Waals surface area contributed by atoms with Crippen LogP contribution >= 0.6 is 0 Å². The molecular formula is C24H34N2O2. The van der Waals surface area contributed by atoms with Gasteiger partial charge in [0.05, 0.1) is 25.1 Å². The van der Waals surface area contributed by atoms with Crippen LogP contribution in [0.5, 0.6) is 5.75 Å². The molecule has 1 heterocycles. The molecule has 1 aromatic carbocycles. The minimum atomic E-state index is -0.443. The van der Waals surface area contributed by atoms with Crippen molar-refractivity contribution in [3.05, 3.63) is 48.3 Å². The quantitative estimate of drug-likeness (QED) is 0.428. The van der Waals surface area contributed by atoms with E-state index in [0.29, 0.717) is 5.82 Å². The highest BCUT2D eigenvalue weighted by molar-refractivity contribution is 5.59. The Hall–Kier alpha value is -2.20. The van der Waals surface area contributed by atoms with Gasteiger partial charge in [-0.2, -0.15) is 0 Å². The Kier molecular flexibility index (Phi) is 10.3. The van der Waals surface area contributed by atoms with Crippen molar-refractivity contribution >= 4 is 6.08 Å². The minimum Gasteiger partial charge on any atom is -0.490 e. The highest BCUT2D eigenvalue weighted by Crippen LogP contribution is 2.18. The lowest BCUT2D eigenvalue weighted by molar-refractivity contribution is 0.245. The van der Waals surface area contributed by atoms with Gasteiger partial charge < -0.3 is 9.84 Å². The van der Waals surface area contributed by atoms with Crippen molar-refractivity contribution in [3.8, 4) is 17.1 Å². The Bertz CT molecular complexity index is 679. The van der Waals surface area contributed by atoms with Gasteiger partial charge in [-0.15, -0.1) is 0 Å². The van der Waals surface area contributed by atoms with Gasteiger partial charge in [-0.1, -0.05) is 88.3 Å². The number of rotatable bonds is 13. The van der Waals surface area contributed by atoms with Gasteiger partial charge in [0, 0.05) is 5.56 Å². The smallest absolute Gasteiger partial charge is 0.159 e. The number of aliphatic hydroxyl groups is 1. The van der Waals surface area contributed by atoms with Crippen molar-refractivity contribution < 1.29 is 9.84 Å². The Morgan fingerprint density at radius 3 is 2.14 bits per heavy atom. The van der Waals surface area contributed by atoms with Gasteiger partial charge in [-0.3, -0.25) is 0 Å². The molecule has 0 fully saturated rings. The Morgan fingerprint density at radius 1 is 0.929 bits per heavy atom. The van der Waals surface area contributed by atoms with Crippen LogP contribution in [-0.2, 0) is 0 Å². The minimum absolute atomic E-state index is 0.443. The zero-order chi connectivity index (χ0) is 20.0. The van der Waals surface area contributed by atoms with E-state index in [1.165, 1.54) is 44.9 Å². The summed E-state index contributed by atoms with van der Waals surface area (Å²) in [6, 6.07) is 7.95. The molecule has 0 saturated heterocycles. The molecule has 0 radical (unpaired) electrons. The van der Waals surface area contributed by atoms with Crippen LogP contribution in [0.1, 0.15) is 70.8 Å². The van der Waals surface area contributed by atoms with Crippen molar-refractivity contribution in [3.63, 3.8) is 0 Å². The van der Waals surface area contributed by atoms with Gasteiger partial charge in [-0.25, -0.2) is 9.97 Å². The highest BCUT2D eigenvalue weighted by atomic mass is 16.5. The first kappa shape index (κ1) is 22.1. The van der Waals surface area contributed by atoms with E-state index >= 15 is 0 Å². The van der Waals surface area contributed by atoms with E-state index in [0.717, 1.165) is 29.9 Å². The number of nitrogens with zero attached hydrogens (tertiary/aromatic N) is 2. The largest absolute Gasteiger partial charge is 0.490 e. The fourth-order valence-corrected chi connectivity index (χ4v) is 2.96. The topological polar surface area (TPSA) is 55.2 Å². The average Bonchev–Trinajstić information content (AvgIpc) is 2.72. The average molecular weight is 383 g/mol. The molecule has 0 saturated carbocycles. The predicted molar refractivity (Wildman–Crippen MR) is 116 cm³/mol. The molecule has 1 unspecified atom stereocenters. The Morgan fingerprint density at radius 2 is 1.54 bits per heavy atom. The van der Waals surface area contributed by atoms with E-state index in [4.69, 9.17) is 4.74 Å². The van der Waals surface area contributed by atoms with Crippen LogP contribution in [-0.4, -0.2) is 27.8 Å². The molecule has 0 amide bonds. The maximum atomic E-state index is 9.30. The second kappa shape index (κ2) is 13.1. The molecule has 2 aromatic rings. The number of ether oxygens (including phenoxy) is 1. The van der Waals surface area contributed by atoms with Crippen LogP contribution in [0.25, 0.3) is 17.5 Å².